The number of carbonyl (C=O) groups is 1. The van der Waals surface area contributed by atoms with Gasteiger partial charge in [0.2, 0.25) is 0 Å². The van der Waals surface area contributed by atoms with Crippen LogP contribution in [0.3, 0.4) is 0 Å². The van der Waals surface area contributed by atoms with Crippen molar-refractivity contribution in [3.05, 3.63) is 48.4 Å². The Hall–Kier alpha value is -3.16. The second kappa shape index (κ2) is 6.62. The van der Waals surface area contributed by atoms with Crippen molar-refractivity contribution in [1.82, 2.24) is 29.7 Å². The number of nitrogens with zero attached hydrogens (tertiary/aromatic N) is 6. The Kier molecular flexibility index (Phi) is 4.16. The van der Waals surface area contributed by atoms with Gasteiger partial charge in [0.1, 0.15) is 11.4 Å². The highest BCUT2D eigenvalue weighted by atomic mass is 16.5. The first-order valence-electron chi connectivity index (χ1n) is 8.49. The molecule has 8 heteroatoms. The van der Waals surface area contributed by atoms with Crippen LogP contribution in [0, 0.1) is 0 Å². The summed E-state index contributed by atoms with van der Waals surface area (Å²) in [6.45, 7) is 1.29. The molecule has 4 rings (SSSR count). The van der Waals surface area contributed by atoms with Crippen LogP contribution in [0.2, 0.25) is 0 Å². The lowest BCUT2D eigenvalue weighted by Crippen LogP contribution is -2.30. The maximum atomic E-state index is 12.9. The number of amides is 1. The number of aromatic nitrogens is 5. The minimum absolute atomic E-state index is 0.0243. The van der Waals surface area contributed by atoms with E-state index in [1.165, 1.54) is 0 Å². The molecule has 26 heavy (non-hydrogen) atoms. The summed E-state index contributed by atoms with van der Waals surface area (Å²) in [6, 6.07) is 9.61. The van der Waals surface area contributed by atoms with E-state index in [1.807, 2.05) is 35.2 Å². The van der Waals surface area contributed by atoms with E-state index in [2.05, 4.69) is 15.3 Å². The maximum Gasteiger partial charge on any atom is 0.272 e. The van der Waals surface area contributed by atoms with Crippen molar-refractivity contribution in [3.63, 3.8) is 0 Å². The molecule has 0 aliphatic carbocycles. The summed E-state index contributed by atoms with van der Waals surface area (Å²) >= 11 is 0. The maximum absolute atomic E-state index is 12.9. The van der Waals surface area contributed by atoms with E-state index in [4.69, 9.17) is 4.74 Å². The van der Waals surface area contributed by atoms with E-state index in [0.717, 1.165) is 23.4 Å². The summed E-state index contributed by atoms with van der Waals surface area (Å²) in [6.07, 6.45) is 4.17. The van der Waals surface area contributed by atoms with Gasteiger partial charge in [0.25, 0.3) is 5.91 Å². The average molecular weight is 352 g/mol. The van der Waals surface area contributed by atoms with Gasteiger partial charge in [-0.3, -0.25) is 9.48 Å². The standard InChI is InChI=1S/C18H20N6O2/c1-22-17(11-16(21-22)13-4-3-5-15(10-13)26-2)18(25)23-9-6-14(12-23)24-19-7-8-20-24/h3-5,7-8,10-11,14H,6,9,12H2,1-2H3. The zero-order chi connectivity index (χ0) is 18.1. The van der Waals surface area contributed by atoms with Crippen LogP contribution >= 0.6 is 0 Å². The Labute approximate surface area is 151 Å². The number of rotatable bonds is 4. The van der Waals surface area contributed by atoms with E-state index >= 15 is 0 Å². The molecule has 8 nitrogen and oxygen atoms in total. The zero-order valence-corrected chi connectivity index (χ0v) is 14.7. The fraction of sp³-hybridized carbons (Fsp3) is 0.333. The molecule has 1 aromatic carbocycles. The lowest BCUT2D eigenvalue weighted by atomic mass is 10.1. The van der Waals surface area contributed by atoms with Gasteiger partial charge in [0, 0.05) is 25.7 Å². The van der Waals surface area contributed by atoms with Crippen LogP contribution < -0.4 is 4.74 Å². The third kappa shape index (κ3) is 2.94. The van der Waals surface area contributed by atoms with Crippen LogP contribution in [0.25, 0.3) is 11.3 Å². The van der Waals surface area contributed by atoms with Crippen LogP contribution in [-0.2, 0) is 7.05 Å². The summed E-state index contributed by atoms with van der Waals surface area (Å²) in [4.78, 5) is 16.5. The highest BCUT2D eigenvalue weighted by molar-refractivity contribution is 5.94. The molecule has 1 aliphatic heterocycles. The molecular formula is C18H20N6O2. The number of likely N-dealkylation sites (tertiary alicyclic amines) is 1. The van der Waals surface area contributed by atoms with Crippen molar-refractivity contribution in [2.45, 2.75) is 12.5 Å². The fourth-order valence-electron chi connectivity index (χ4n) is 3.28. The third-order valence-corrected chi connectivity index (χ3v) is 4.68. The first-order valence-corrected chi connectivity index (χ1v) is 8.49. The number of aryl methyl sites for hydroxylation is 1. The Bertz CT molecular complexity index is 918. The molecular weight excluding hydrogens is 332 g/mol. The van der Waals surface area contributed by atoms with E-state index in [-0.39, 0.29) is 11.9 Å². The van der Waals surface area contributed by atoms with Crippen LogP contribution in [0.5, 0.6) is 5.75 Å². The van der Waals surface area contributed by atoms with Gasteiger partial charge in [-0.2, -0.15) is 20.1 Å². The summed E-state index contributed by atoms with van der Waals surface area (Å²) in [5, 5.41) is 12.9. The molecule has 3 aromatic rings. The summed E-state index contributed by atoms with van der Waals surface area (Å²) in [7, 11) is 3.42. The monoisotopic (exact) mass is 352 g/mol. The van der Waals surface area contributed by atoms with Gasteiger partial charge in [-0.25, -0.2) is 0 Å². The first-order chi connectivity index (χ1) is 12.7. The molecule has 1 saturated heterocycles. The van der Waals surface area contributed by atoms with Gasteiger partial charge >= 0.3 is 0 Å². The third-order valence-electron chi connectivity index (χ3n) is 4.68. The smallest absolute Gasteiger partial charge is 0.272 e. The highest BCUT2D eigenvalue weighted by Gasteiger charge is 2.30. The van der Waals surface area contributed by atoms with Crippen molar-refractivity contribution in [2.24, 2.45) is 7.05 Å². The number of ether oxygens (including phenoxy) is 1. The predicted molar refractivity (Wildman–Crippen MR) is 94.8 cm³/mol. The van der Waals surface area contributed by atoms with Crippen molar-refractivity contribution in [2.75, 3.05) is 20.2 Å². The molecule has 0 saturated carbocycles. The average Bonchev–Trinajstić information content (AvgIpc) is 3.41. The zero-order valence-electron chi connectivity index (χ0n) is 14.7. The Balaban J connectivity index is 1.54. The van der Waals surface area contributed by atoms with Crippen LogP contribution in [0.15, 0.2) is 42.7 Å². The normalized spacial score (nSPS) is 16.8. The second-order valence-electron chi connectivity index (χ2n) is 6.31. The number of carbonyl (C=O) groups excluding carboxylic acids is 1. The lowest BCUT2D eigenvalue weighted by Gasteiger charge is -2.16. The van der Waals surface area contributed by atoms with E-state index in [1.54, 1.807) is 36.0 Å². The SMILES string of the molecule is COc1cccc(-c2cc(C(=O)N3CCC(n4nccn4)C3)n(C)n2)c1. The predicted octanol–water partition coefficient (Wildman–Crippen LogP) is 1.77. The van der Waals surface area contributed by atoms with Crippen LogP contribution in [0.4, 0.5) is 0 Å². The van der Waals surface area contributed by atoms with Crippen molar-refractivity contribution in [3.8, 4) is 17.0 Å². The topological polar surface area (TPSA) is 78.1 Å². The van der Waals surface area contributed by atoms with Gasteiger partial charge in [0.05, 0.1) is 31.2 Å². The Morgan fingerprint density at radius 3 is 2.81 bits per heavy atom. The summed E-state index contributed by atoms with van der Waals surface area (Å²) in [5.74, 6) is 0.735. The van der Waals surface area contributed by atoms with Crippen molar-refractivity contribution < 1.29 is 9.53 Å². The van der Waals surface area contributed by atoms with Crippen molar-refractivity contribution >= 4 is 5.91 Å². The van der Waals surface area contributed by atoms with Gasteiger partial charge in [-0.1, -0.05) is 12.1 Å². The van der Waals surface area contributed by atoms with E-state index in [0.29, 0.717) is 18.8 Å². The first kappa shape index (κ1) is 16.3. The number of hydrogen-bond donors (Lipinski definition) is 0. The van der Waals surface area contributed by atoms with Gasteiger partial charge in [0.15, 0.2) is 0 Å². The lowest BCUT2D eigenvalue weighted by molar-refractivity contribution is 0.0775. The molecule has 1 fully saturated rings. The largest absolute Gasteiger partial charge is 0.497 e. The molecule has 0 spiro atoms. The Morgan fingerprint density at radius 2 is 2.04 bits per heavy atom. The quantitative estimate of drug-likeness (QED) is 0.715. The minimum atomic E-state index is -0.0243. The molecule has 1 aliphatic rings. The fourth-order valence-corrected chi connectivity index (χ4v) is 3.28. The minimum Gasteiger partial charge on any atom is -0.497 e. The summed E-state index contributed by atoms with van der Waals surface area (Å²) in [5.41, 5.74) is 2.23. The number of benzene rings is 1. The van der Waals surface area contributed by atoms with Gasteiger partial charge in [-0.05, 0) is 24.6 Å². The van der Waals surface area contributed by atoms with E-state index in [9.17, 15) is 4.79 Å². The van der Waals surface area contributed by atoms with Crippen LogP contribution in [-0.4, -0.2) is 55.8 Å². The molecule has 0 bridgehead atoms. The van der Waals surface area contributed by atoms with Gasteiger partial charge in [-0.15, -0.1) is 0 Å². The molecule has 1 unspecified atom stereocenters. The molecule has 1 amide bonds. The number of methoxy groups -OCH3 is 1. The van der Waals surface area contributed by atoms with Crippen molar-refractivity contribution in [1.29, 1.82) is 0 Å². The van der Waals surface area contributed by atoms with Gasteiger partial charge < -0.3 is 9.64 Å². The highest BCUT2D eigenvalue weighted by Crippen LogP contribution is 2.26. The van der Waals surface area contributed by atoms with E-state index < -0.39 is 0 Å². The molecule has 3 heterocycles. The molecule has 0 radical (unpaired) electrons. The molecule has 1 atom stereocenters. The number of hydrogen-bond acceptors (Lipinski definition) is 5. The Morgan fingerprint density at radius 1 is 1.23 bits per heavy atom. The second-order valence-corrected chi connectivity index (χ2v) is 6.31. The molecule has 2 aromatic heterocycles. The van der Waals surface area contributed by atoms with Crippen LogP contribution in [0.1, 0.15) is 23.0 Å². The molecule has 134 valence electrons. The molecule has 0 N–H and O–H groups in total. The summed E-state index contributed by atoms with van der Waals surface area (Å²) < 4.78 is 6.90.